The third kappa shape index (κ3) is 3.73. The fraction of sp³-hybridized carbons (Fsp3) is 0.0667. The maximum atomic E-state index is 11.3. The van der Waals surface area contributed by atoms with Gasteiger partial charge >= 0.3 is 0 Å². The lowest BCUT2D eigenvalue weighted by Crippen LogP contribution is -2.13. The van der Waals surface area contributed by atoms with Crippen molar-refractivity contribution in [3.63, 3.8) is 0 Å². The third-order valence-electron chi connectivity index (χ3n) is 2.84. The van der Waals surface area contributed by atoms with E-state index in [4.69, 9.17) is 27.8 Å². The zero-order valence-electron chi connectivity index (χ0n) is 11.0. The molecule has 0 aliphatic carbocycles. The molecule has 0 spiro atoms. The van der Waals surface area contributed by atoms with Crippen LogP contribution in [0.4, 0.5) is 0 Å². The summed E-state index contributed by atoms with van der Waals surface area (Å²) in [6.45, 7) is 0.208. The molecule has 0 aromatic heterocycles. The summed E-state index contributed by atoms with van der Waals surface area (Å²) >= 11 is 5.88. The predicted octanol–water partition coefficient (Wildman–Crippen LogP) is 2.12. The average molecular weight is 305 g/mol. The van der Waals surface area contributed by atoms with Gasteiger partial charge in [-0.15, -0.1) is 0 Å². The molecule has 0 fully saturated rings. The van der Waals surface area contributed by atoms with E-state index >= 15 is 0 Å². The van der Waals surface area contributed by atoms with Gasteiger partial charge < -0.3 is 16.2 Å². The Morgan fingerprint density at radius 1 is 1.00 bits per heavy atom. The summed E-state index contributed by atoms with van der Waals surface area (Å²) in [6, 6.07) is 11.2. The van der Waals surface area contributed by atoms with Crippen molar-refractivity contribution in [2.45, 2.75) is 6.61 Å². The van der Waals surface area contributed by atoms with Gasteiger partial charge in [0, 0.05) is 10.6 Å². The van der Waals surface area contributed by atoms with Crippen LogP contribution in [0.5, 0.6) is 5.75 Å². The molecule has 2 aromatic rings. The van der Waals surface area contributed by atoms with Crippen molar-refractivity contribution in [1.29, 1.82) is 0 Å². The minimum Gasteiger partial charge on any atom is -0.488 e. The van der Waals surface area contributed by atoms with Crippen molar-refractivity contribution in [3.8, 4) is 5.75 Å². The number of carbonyl (C=O) groups is 2. The van der Waals surface area contributed by atoms with E-state index in [1.807, 2.05) is 0 Å². The Bertz CT molecular complexity index is 684. The molecule has 0 heterocycles. The maximum Gasteiger partial charge on any atom is 0.252 e. The second-order valence-electron chi connectivity index (χ2n) is 4.35. The Kier molecular flexibility index (Phi) is 4.45. The molecule has 0 atom stereocenters. The highest BCUT2D eigenvalue weighted by atomic mass is 35.5. The zero-order chi connectivity index (χ0) is 15.4. The molecule has 0 saturated heterocycles. The van der Waals surface area contributed by atoms with Crippen LogP contribution < -0.4 is 16.2 Å². The van der Waals surface area contributed by atoms with Crippen molar-refractivity contribution in [2.75, 3.05) is 0 Å². The van der Waals surface area contributed by atoms with Gasteiger partial charge in [0.2, 0.25) is 5.91 Å². The van der Waals surface area contributed by atoms with Crippen molar-refractivity contribution >= 4 is 23.4 Å². The number of halogens is 1. The number of rotatable bonds is 5. The SMILES string of the molecule is NC(=O)c1ccc(COc2cc(Cl)ccc2C(N)=O)cc1. The fourth-order valence-corrected chi connectivity index (χ4v) is 1.91. The van der Waals surface area contributed by atoms with E-state index in [9.17, 15) is 9.59 Å². The summed E-state index contributed by atoms with van der Waals surface area (Å²) in [5.74, 6) is -0.770. The van der Waals surface area contributed by atoms with Gasteiger partial charge in [-0.2, -0.15) is 0 Å². The van der Waals surface area contributed by atoms with E-state index in [2.05, 4.69) is 0 Å². The predicted molar refractivity (Wildman–Crippen MR) is 79.3 cm³/mol. The minimum atomic E-state index is -0.592. The number of benzene rings is 2. The van der Waals surface area contributed by atoms with Crippen molar-refractivity contribution in [2.24, 2.45) is 11.5 Å². The van der Waals surface area contributed by atoms with Crippen LogP contribution in [0, 0.1) is 0 Å². The molecule has 0 radical (unpaired) electrons. The molecule has 0 aliphatic rings. The third-order valence-corrected chi connectivity index (χ3v) is 3.08. The Balaban J connectivity index is 2.14. The normalized spacial score (nSPS) is 10.1. The topological polar surface area (TPSA) is 95.4 Å². The first-order valence-corrected chi connectivity index (χ1v) is 6.46. The van der Waals surface area contributed by atoms with Gasteiger partial charge in [-0.25, -0.2) is 0 Å². The molecule has 2 rings (SSSR count). The van der Waals surface area contributed by atoms with E-state index in [-0.39, 0.29) is 12.2 Å². The van der Waals surface area contributed by atoms with Gasteiger partial charge in [0.15, 0.2) is 0 Å². The summed E-state index contributed by atoms with van der Waals surface area (Å²) < 4.78 is 5.56. The Morgan fingerprint density at radius 3 is 2.24 bits per heavy atom. The van der Waals surface area contributed by atoms with Crippen molar-refractivity contribution in [3.05, 3.63) is 64.2 Å². The number of hydrogen-bond acceptors (Lipinski definition) is 3. The summed E-state index contributed by atoms with van der Waals surface area (Å²) in [7, 11) is 0. The van der Waals surface area contributed by atoms with E-state index in [1.54, 1.807) is 30.3 Å². The number of primary amides is 2. The molecule has 0 bridgehead atoms. The van der Waals surface area contributed by atoms with Gasteiger partial charge in [0.1, 0.15) is 12.4 Å². The minimum absolute atomic E-state index is 0.208. The Morgan fingerprint density at radius 2 is 1.67 bits per heavy atom. The largest absolute Gasteiger partial charge is 0.488 e. The quantitative estimate of drug-likeness (QED) is 0.885. The summed E-state index contributed by atoms with van der Waals surface area (Å²) in [5.41, 5.74) is 11.9. The number of nitrogens with two attached hydrogens (primary N) is 2. The lowest BCUT2D eigenvalue weighted by atomic mass is 10.1. The summed E-state index contributed by atoms with van der Waals surface area (Å²) in [5, 5.41) is 0.444. The van der Waals surface area contributed by atoms with Gasteiger partial charge in [-0.1, -0.05) is 23.7 Å². The van der Waals surface area contributed by atoms with Gasteiger partial charge in [0.25, 0.3) is 5.91 Å². The van der Waals surface area contributed by atoms with Crippen LogP contribution in [0.15, 0.2) is 42.5 Å². The second kappa shape index (κ2) is 6.28. The van der Waals surface area contributed by atoms with Gasteiger partial charge in [-0.05, 0) is 35.9 Å². The lowest BCUT2D eigenvalue weighted by Gasteiger charge is -2.10. The number of amides is 2. The molecule has 6 heteroatoms. The van der Waals surface area contributed by atoms with Crippen LogP contribution in [0.2, 0.25) is 5.02 Å². The Labute approximate surface area is 126 Å². The maximum absolute atomic E-state index is 11.3. The molecule has 2 aromatic carbocycles. The molecular weight excluding hydrogens is 292 g/mol. The molecule has 2 amide bonds. The van der Waals surface area contributed by atoms with Crippen LogP contribution in [-0.2, 0) is 6.61 Å². The van der Waals surface area contributed by atoms with Gasteiger partial charge in [-0.3, -0.25) is 9.59 Å². The molecule has 5 nitrogen and oxygen atoms in total. The van der Waals surface area contributed by atoms with Crippen molar-refractivity contribution in [1.82, 2.24) is 0 Å². The molecule has 4 N–H and O–H groups in total. The van der Waals surface area contributed by atoms with Crippen molar-refractivity contribution < 1.29 is 14.3 Å². The number of hydrogen-bond donors (Lipinski definition) is 2. The van der Waals surface area contributed by atoms with Crippen LogP contribution in [-0.4, -0.2) is 11.8 Å². The van der Waals surface area contributed by atoms with Crippen LogP contribution in [0.1, 0.15) is 26.3 Å². The number of carbonyl (C=O) groups excluding carboxylic acids is 2. The van der Waals surface area contributed by atoms with Crippen LogP contribution >= 0.6 is 11.6 Å². The standard InChI is InChI=1S/C15H13ClN2O3/c16-11-5-6-12(15(18)20)13(7-11)21-8-9-1-3-10(4-2-9)14(17)19/h1-7H,8H2,(H2,17,19)(H2,18,20). The van der Waals surface area contributed by atoms with E-state index in [0.29, 0.717) is 16.3 Å². The van der Waals surface area contributed by atoms with Gasteiger partial charge in [0.05, 0.1) is 5.56 Å². The Hall–Kier alpha value is -2.53. The first kappa shape index (κ1) is 14.9. The lowest BCUT2D eigenvalue weighted by molar-refractivity contribution is 0.0988. The first-order chi connectivity index (χ1) is 9.97. The van der Waals surface area contributed by atoms with Crippen LogP contribution in [0.25, 0.3) is 0 Å². The molecule has 0 unspecified atom stereocenters. The molecule has 108 valence electrons. The summed E-state index contributed by atoms with van der Waals surface area (Å²) in [6.07, 6.45) is 0. The molecular formula is C15H13ClN2O3. The average Bonchev–Trinajstić information content (AvgIpc) is 2.45. The number of ether oxygens (including phenoxy) is 1. The highest BCUT2D eigenvalue weighted by molar-refractivity contribution is 6.30. The highest BCUT2D eigenvalue weighted by Gasteiger charge is 2.10. The smallest absolute Gasteiger partial charge is 0.252 e. The molecule has 0 aliphatic heterocycles. The zero-order valence-corrected chi connectivity index (χ0v) is 11.8. The van der Waals surface area contributed by atoms with E-state index < -0.39 is 11.8 Å². The highest BCUT2D eigenvalue weighted by Crippen LogP contribution is 2.24. The molecule has 21 heavy (non-hydrogen) atoms. The summed E-state index contributed by atoms with van der Waals surface area (Å²) in [4.78, 5) is 22.3. The fourth-order valence-electron chi connectivity index (χ4n) is 1.75. The second-order valence-corrected chi connectivity index (χ2v) is 4.79. The van der Waals surface area contributed by atoms with E-state index in [0.717, 1.165) is 5.56 Å². The van der Waals surface area contributed by atoms with E-state index in [1.165, 1.54) is 12.1 Å². The molecule has 0 saturated carbocycles. The monoisotopic (exact) mass is 304 g/mol. The first-order valence-electron chi connectivity index (χ1n) is 6.08. The van der Waals surface area contributed by atoms with Crippen LogP contribution in [0.3, 0.4) is 0 Å².